The molecule has 4 rings (SSSR count). The highest BCUT2D eigenvalue weighted by atomic mass is 16.2. The zero-order valence-corrected chi connectivity index (χ0v) is 17.8. The quantitative estimate of drug-likeness (QED) is 0.626. The first-order valence-corrected chi connectivity index (χ1v) is 10.4. The summed E-state index contributed by atoms with van der Waals surface area (Å²) in [7, 11) is 0. The fourth-order valence-corrected chi connectivity index (χ4v) is 4.17. The Morgan fingerprint density at radius 1 is 1.03 bits per heavy atom. The zero-order valence-electron chi connectivity index (χ0n) is 17.8. The van der Waals surface area contributed by atoms with Gasteiger partial charge in [-0.3, -0.25) is 14.6 Å². The SMILES string of the molecule is Cc1cc(C)cc(NC(=O)C(=O)NC[C@H](c2cccnc2)N2CCc3ccccc32)c1. The van der Waals surface area contributed by atoms with Crippen molar-refractivity contribution in [2.45, 2.75) is 26.3 Å². The standard InChI is InChI=1S/C25H26N4O2/c1-17-12-18(2)14-21(13-17)28-25(31)24(30)27-16-23(20-7-5-10-26-15-20)29-11-9-19-6-3-4-8-22(19)29/h3-8,10,12-15,23H,9,11,16H2,1-2H3,(H,27,30)(H,28,31)/t23-/m1/s1. The molecule has 0 saturated carbocycles. The van der Waals surface area contributed by atoms with Crippen molar-refractivity contribution in [3.05, 3.63) is 89.2 Å². The van der Waals surface area contributed by atoms with Crippen LogP contribution < -0.4 is 15.5 Å². The molecule has 0 unspecified atom stereocenters. The highest BCUT2D eigenvalue weighted by Gasteiger charge is 2.28. The van der Waals surface area contributed by atoms with Crippen molar-refractivity contribution in [2.75, 3.05) is 23.3 Å². The summed E-state index contributed by atoms with van der Waals surface area (Å²) in [4.78, 5) is 31.5. The molecule has 2 aromatic carbocycles. The first-order chi connectivity index (χ1) is 15.0. The van der Waals surface area contributed by atoms with Crippen molar-refractivity contribution in [3.8, 4) is 0 Å². The average Bonchev–Trinajstić information content (AvgIpc) is 3.18. The Hall–Kier alpha value is -3.67. The molecular formula is C25H26N4O2. The van der Waals surface area contributed by atoms with E-state index in [1.54, 1.807) is 6.20 Å². The van der Waals surface area contributed by atoms with Gasteiger partial charge < -0.3 is 15.5 Å². The summed E-state index contributed by atoms with van der Waals surface area (Å²) in [5.74, 6) is -1.32. The molecule has 0 aliphatic carbocycles. The molecule has 158 valence electrons. The van der Waals surface area contributed by atoms with E-state index >= 15 is 0 Å². The van der Waals surface area contributed by atoms with Crippen LogP contribution in [0.15, 0.2) is 67.0 Å². The van der Waals surface area contributed by atoms with Gasteiger partial charge in [-0.05, 0) is 66.8 Å². The minimum absolute atomic E-state index is 0.115. The van der Waals surface area contributed by atoms with Crippen molar-refractivity contribution in [3.63, 3.8) is 0 Å². The van der Waals surface area contributed by atoms with Gasteiger partial charge in [-0.15, -0.1) is 0 Å². The van der Waals surface area contributed by atoms with Crippen LogP contribution in [0.1, 0.15) is 28.3 Å². The molecule has 6 heteroatoms. The summed E-state index contributed by atoms with van der Waals surface area (Å²) in [6.07, 6.45) is 4.50. The number of nitrogens with zero attached hydrogens (tertiary/aromatic N) is 2. The lowest BCUT2D eigenvalue weighted by molar-refractivity contribution is -0.136. The maximum absolute atomic E-state index is 12.6. The summed E-state index contributed by atoms with van der Waals surface area (Å²) < 4.78 is 0. The van der Waals surface area contributed by atoms with E-state index in [0.717, 1.165) is 35.3 Å². The molecule has 2 N–H and O–H groups in total. The van der Waals surface area contributed by atoms with Crippen LogP contribution in [0.25, 0.3) is 0 Å². The van der Waals surface area contributed by atoms with E-state index in [9.17, 15) is 9.59 Å². The number of anilines is 2. The number of rotatable bonds is 5. The molecule has 0 fully saturated rings. The molecule has 0 radical (unpaired) electrons. The second kappa shape index (κ2) is 9.00. The summed E-state index contributed by atoms with van der Waals surface area (Å²) in [5, 5.41) is 5.51. The van der Waals surface area contributed by atoms with E-state index in [-0.39, 0.29) is 6.04 Å². The van der Waals surface area contributed by atoms with Crippen molar-refractivity contribution in [1.82, 2.24) is 10.3 Å². The van der Waals surface area contributed by atoms with Gasteiger partial charge in [0.15, 0.2) is 0 Å². The summed E-state index contributed by atoms with van der Waals surface area (Å²) >= 11 is 0. The van der Waals surface area contributed by atoms with Gasteiger partial charge in [0.05, 0.1) is 6.04 Å². The molecule has 1 aliphatic heterocycles. The predicted octanol–water partition coefficient (Wildman–Crippen LogP) is 3.56. The molecular weight excluding hydrogens is 388 g/mol. The van der Waals surface area contributed by atoms with Gasteiger partial charge >= 0.3 is 11.8 Å². The van der Waals surface area contributed by atoms with Gasteiger partial charge in [-0.1, -0.05) is 30.3 Å². The third-order valence-corrected chi connectivity index (χ3v) is 5.51. The Morgan fingerprint density at radius 2 is 1.81 bits per heavy atom. The topological polar surface area (TPSA) is 74.3 Å². The van der Waals surface area contributed by atoms with E-state index < -0.39 is 11.8 Å². The number of fused-ring (bicyclic) bond motifs is 1. The lowest BCUT2D eigenvalue weighted by atomic mass is 10.1. The van der Waals surface area contributed by atoms with Crippen molar-refractivity contribution in [2.24, 2.45) is 0 Å². The molecule has 31 heavy (non-hydrogen) atoms. The summed E-state index contributed by atoms with van der Waals surface area (Å²) in [5.41, 5.74) is 6.12. The summed E-state index contributed by atoms with van der Waals surface area (Å²) in [6.45, 7) is 5.06. The second-order valence-corrected chi connectivity index (χ2v) is 7.91. The van der Waals surface area contributed by atoms with Gasteiger partial charge in [-0.2, -0.15) is 0 Å². The largest absolute Gasteiger partial charge is 0.362 e. The van der Waals surface area contributed by atoms with E-state index in [1.165, 1.54) is 5.56 Å². The molecule has 0 spiro atoms. The molecule has 2 heterocycles. The van der Waals surface area contributed by atoms with E-state index in [1.807, 2.05) is 62.5 Å². The maximum atomic E-state index is 12.6. The third kappa shape index (κ3) is 4.74. The monoisotopic (exact) mass is 414 g/mol. The number of carbonyl (C=O) groups is 2. The molecule has 2 amide bonds. The fourth-order valence-electron chi connectivity index (χ4n) is 4.17. The number of amides is 2. The predicted molar refractivity (Wildman–Crippen MR) is 122 cm³/mol. The number of aromatic nitrogens is 1. The first-order valence-electron chi connectivity index (χ1n) is 10.4. The minimum atomic E-state index is -0.670. The maximum Gasteiger partial charge on any atom is 0.313 e. The van der Waals surface area contributed by atoms with Crippen LogP contribution in [0.4, 0.5) is 11.4 Å². The fraction of sp³-hybridized carbons (Fsp3) is 0.240. The number of hydrogen-bond acceptors (Lipinski definition) is 4. The third-order valence-electron chi connectivity index (χ3n) is 5.51. The van der Waals surface area contributed by atoms with Crippen LogP contribution in [0.2, 0.25) is 0 Å². The molecule has 1 atom stereocenters. The van der Waals surface area contributed by atoms with Crippen molar-refractivity contribution < 1.29 is 9.59 Å². The highest BCUT2D eigenvalue weighted by molar-refractivity contribution is 6.39. The van der Waals surface area contributed by atoms with E-state index in [2.05, 4.69) is 32.7 Å². The van der Waals surface area contributed by atoms with Crippen LogP contribution in [0, 0.1) is 13.8 Å². The number of nitrogens with one attached hydrogen (secondary N) is 2. The number of benzene rings is 2. The molecule has 3 aromatic rings. The Kier molecular flexibility index (Phi) is 5.98. The zero-order chi connectivity index (χ0) is 21.8. The lowest BCUT2D eigenvalue weighted by Crippen LogP contribution is -2.41. The van der Waals surface area contributed by atoms with Crippen LogP contribution in [-0.4, -0.2) is 29.9 Å². The first kappa shape index (κ1) is 20.6. The Morgan fingerprint density at radius 3 is 2.55 bits per heavy atom. The number of pyridine rings is 1. The van der Waals surface area contributed by atoms with E-state index in [4.69, 9.17) is 0 Å². The Balaban J connectivity index is 1.48. The number of para-hydroxylation sites is 1. The normalized spacial score (nSPS) is 13.4. The lowest BCUT2D eigenvalue weighted by Gasteiger charge is -2.30. The van der Waals surface area contributed by atoms with Gasteiger partial charge in [-0.25, -0.2) is 0 Å². The summed E-state index contributed by atoms with van der Waals surface area (Å²) in [6, 6.07) is 17.8. The molecule has 1 aromatic heterocycles. The van der Waals surface area contributed by atoms with Crippen LogP contribution in [0.3, 0.4) is 0 Å². The molecule has 0 saturated heterocycles. The van der Waals surface area contributed by atoms with Crippen LogP contribution in [0.5, 0.6) is 0 Å². The average molecular weight is 415 g/mol. The van der Waals surface area contributed by atoms with Gasteiger partial charge in [0, 0.05) is 36.9 Å². The second-order valence-electron chi connectivity index (χ2n) is 7.91. The van der Waals surface area contributed by atoms with Gasteiger partial charge in [0.1, 0.15) is 0 Å². The number of aryl methyl sites for hydroxylation is 2. The van der Waals surface area contributed by atoms with Crippen molar-refractivity contribution in [1.29, 1.82) is 0 Å². The van der Waals surface area contributed by atoms with Crippen LogP contribution in [-0.2, 0) is 16.0 Å². The van der Waals surface area contributed by atoms with Gasteiger partial charge in [0.2, 0.25) is 0 Å². The molecule has 6 nitrogen and oxygen atoms in total. The number of carbonyl (C=O) groups excluding carboxylic acids is 2. The minimum Gasteiger partial charge on any atom is -0.362 e. The smallest absolute Gasteiger partial charge is 0.313 e. The van der Waals surface area contributed by atoms with Crippen LogP contribution >= 0.6 is 0 Å². The highest BCUT2D eigenvalue weighted by Crippen LogP contribution is 2.34. The Labute approximate surface area is 182 Å². The van der Waals surface area contributed by atoms with E-state index in [0.29, 0.717) is 12.2 Å². The van der Waals surface area contributed by atoms with Gasteiger partial charge in [0.25, 0.3) is 0 Å². The number of hydrogen-bond donors (Lipinski definition) is 2. The molecule has 1 aliphatic rings. The molecule has 0 bridgehead atoms. The Bertz CT molecular complexity index is 1080. The van der Waals surface area contributed by atoms with Crippen molar-refractivity contribution >= 4 is 23.2 Å².